The molecule has 0 atom stereocenters. The van der Waals surface area contributed by atoms with Crippen molar-refractivity contribution < 1.29 is 0 Å². The lowest BCUT2D eigenvalue weighted by Crippen LogP contribution is -2.38. The molecule has 1 heteroatoms. The van der Waals surface area contributed by atoms with Crippen molar-refractivity contribution in [3.63, 3.8) is 0 Å². The van der Waals surface area contributed by atoms with Gasteiger partial charge in [0.05, 0.1) is 0 Å². The Kier molecular flexibility index (Phi) is 6.22. The molecule has 1 nitrogen and oxygen atoms in total. The molecule has 40 heavy (non-hydrogen) atoms. The van der Waals surface area contributed by atoms with Crippen molar-refractivity contribution in [3.05, 3.63) is 131 Å². The fourth-order valence-electron chi connectivity index (χ4n) is 6.53. The van der Waals surface area contributed by atoms with E-state index in [-0.39, 0.29) is 11.0 Å². The molecule has 0 aliphatic heterocycles. The topological polar surface area (TPSA) is 3.24 Å². The second-order valence-electron chi connectivity index (χ2n) is 12.8. The third-order valence-electron chi connectivity index (χ3n) is 8.57. The molecule has 0 fully saturated rings. The van der Waals surface area contributed by atoms with Gasteiger partial charge in [0.15, 0.2) is 0 Å². The van der Waals surface area contributed by atoms with Gasteiger partial charge >= 0.3 is 0 Å². The highest BCUT2D eigenvalue weighted by Gasteiger charge is 2.35. The third-order valence-corrected chi connectivity index (χ3v) is 8.57. The summed E-state index contributed by atoms with van der Waals surface area (Å²) in [5.74, 6) is 0. The fourth-order valence-corrected chi connectivity index (χ4v) is 6.53. The van der Waals surface area contributed by atoms with Crippen LogP contribution in [0.2, 0.25) is 0 Å². The zero-order chi connectivity index (χ0) is 28.2. The standard InChI is InChI=1S/C39H39N/c1-26-20-21-29(28-14-9-8-10-15-28)24-37(26)40(38(3,4)5)31-17-13-16-30(23-31)33-25-36-34(22-27(33)2)32-18-11-12-19-35(32)39(36,6)7/h8-25H,1-7H3. The van der Waals surface area contributed by atoms with Crippen molar-refractivity contribution in [1.82, 2.24) is 0 Å². The van der Waals surface area contributed by atoms with Crippen molar-refractivity contribution in [2.75, 3.05) is 4.90 Å². The van der Waals surface area contributed by atoms with Gasteiger partial charge in [-0.05, 0) is 115 Å². The summed E-state index contributed by atoms with van der Waals surface area (Å²) in [5.41, 5.74) is 15.5. The summed E-state index contributed by atoms with van der Waals surface area (Å²) in [6, 6.07) is 40.4. The maximum Gasteiger partial charge on any atom is 0.0451 e. The molecule has 5 aromatic carbocycles. The van der Waals surface area contributed by atoms with Gasteiger partial charge in [-0.25, -0.2) is 0 Å². The number of hydrogen-bond donors (Lipinski definition) is 0. The Hall–Kier alpha value is -4.10. The molecule has 0 heterocycles. The molecule has 0 aromatic heterocycles. The van der Waals surface area contributed by atoms with E-state index in [1.165, 1.54) is 67.0 Å². The number of fused-ring (bicyclic) bond motifs is 3. The number of aryl methyl sites for hydroxylation is 2. The smallest absolute Gasteiger partial charge is 0.0451 e. The van der Waals surface area contributed by atoms with Crippen LogP contribution < -0.4 is 4.90 Å². The van der Waals surface area contributed by atoms with Crippen LogP contribution in [0.25, 0.3) is 33.4 Å². The molecule has 5 aromatic rings. The van der Waals surface area contributed by atoms with E-state index >= 15 is 0 Å². The summed E-state index contributed by atoms with van der Waals surface area (Å²) in [7, 11) is 0. The lowest BCUT2D eigenvalue weighted by Gasteiger charge is -2.39. The molecule has 6 rings (SSSR count). The fraction of sp³-hybridized carbons (Fsp3) is 0.231. The van der Waals surface area contributed by atoms with Gasteiger partial charge in [0.1, 0.15) is 0 Å². The van der Waals surface area contributed by atoms with Crippen LogP contribution in [0, 0.1) is 13.8 Å². The normalized spacial score (nSPS) is 13.6. The molecule has 0 amide bonds. The third kappa shape index (κ3) is 4.34. The van der Waals surface area contributed by atoms with Crippen molar-refractivity contribution in [1.29, 1.82) is 0 Å². The van der Waals surface area contributed by atoms with Gasteiger partial charge in [-0.15, -0.1) is 0 Å². The average Bonchev–Trinajstić information content (AvgIpc) is 3.15. The summed E-state index contributed by atoms with van der Waals surface area (Å²) in [5, 5.41) is 0. The van der Waals surface area contributed by atoms with Crippen LogP contribution in [-0.4, -0.2) is 5.54 Å². The molecule has 0 bridgehead atoms. The first-order chi connectivity index (χ1) is 19.1. The lowest BCUT2D eigenvalue weighted by molar-refractivity contribution is 0.559. The Balaban J connectivity index is 1.47. The second kappa shape index (κ2) is 9.52. The van der Waals surface area contributed by atoms with Gasteiger partial charge in [-0.3, -0.25) is 0 Å². The number of nitrogens with zero attached hydrogens (tertiary/aromatic N) is 1. The Morgan fingerprint density at radius 3 is 1.98 bits per heavy atom. The monoisotopic (exact) mass is 521 g/mol. The summed E-state index contributed by atoms with van der Waals surface area (Å²) in [6.07, 6.45) is 0. The summed E-state index contributed by atoms with van der Waals surface area (Å²) in [6.45, 7) is 16.1. The van der Waals surface area contributed by atoms with Gasteiger partial charge in [0, 0.05) is 22.3 Å². The number of anilines is 2. The molecule has 0 saturated carbocycles. The summed E-state index contributed by atoms with van der Waals surface area (Å²) >= 11 is 0. The number of benzene rings is 5. The first-order valence-corrected chi connectivity index (χ1v) is 14.4. The number of hydrogen-bond acceptors (Lipinski definition) is 1. The Bertz CT molecular complexity index is 1720. The minimum Gasteiger partial charge on any atom is -0.336 e. The predicted octanol–water partition coefficient (Wildman–Crippen LogP) is 10.9. The zero-order valence-corrected chi connectivity index (χ0v) is 24.8. The molecule has 0 unspecified atom stereocenters. The van der Waals surface area contributed by atoms with E-state index < -0.39 is 0 Å². The van der Waals surface area contributed by atoms with E-state index in [0.29, 0.717) is 0 Å². The molecule has 1 aliphatic carbocycles. The summed E-state index contributed by atoms with van der Waals surface area (Å²) < 4.78 is 0. The van der Waals surface area contributed by atoms with E-state index in [2.05, 4.69) is 163 Å². The zero-order valence-electron chi connectivity index (χ0n) is 24.8. The lowest BCUT2D eigenvalue weighted by atomic mass is 9.81. The molecular formula is C39H39N. The average molecular weight is 522 g/mol. The number of rotatable bonds is 4. The van der Waals surface area contributed by atoms with Crippen LogP contribution in [0.3, 0.4) is 0 Å². The van der Waals surface area contributed by atoms with Gasteiger partial charge in [-0.2, -0.15) is 0 Å². The van der Waals surface area contributed by atoms with Crippen molar-refractivity contribution in [2.24, 2.45) is 0 Å². The first-order valence-electron chi connectivity index (χ1n) is 14.4. The van der Waals surface area contributed by atoms with E-state index in [4.69, 9.17) is 0 Å². The SMILES string of the molecule is Cc1cc2c(cc1-c1cccc(N(c3cc(-c4ccccc4)ccc3C)C(C)(C)C)c1)C(C)(C)c1ccccc1-2. The second-order valence-corrected chi connectivity index (χ2v) is 12.8. The molecule has 1 aliphatic rings. The molecule has 200 valence electrons. The van der Waals surface area contributed by atoms with Crippen LogP contribution in [0.4, 0.5) is 11.4 Å². The van der Waals surface area contributed by atoms with E-state index in [1.807, 2.05) is 0 Å². The maximum atomic E-state index is 2.50. The van der Waals surface area contributed by atoms with Gasteiger partial charge in [0.25, 0.3) is 0 Å². The van der Waals surface area contributed by atoms with E-state index in [9.17, 15) is 0 Å². The minimum atomic E-state index is -0.116. The Morgan fingerprint density at radius 1 is 0.525 bits per heavy atom. The largest absolute Gasteiger partial charge is 0.336 e. The molecule has 0 saturated heterocycles. The van der Waals surface area contributed by atoms with Crippen LogP contribution in [-0.2, 0) is 5.41 Å². The van der Waals surface area contributed by atoms with Gasteiger partial charge in [0.2, 0.25) is 0 Å². The summed E-state index contributed by atoms with van der Waals surface area (Å²) in [4.78, 5) is 2.50. The quantitative estimate of drug-likeness (QED) is 0.227. The van der Waals surface area contributed by atoms with Gasteiger partial charge in [-0.1, -0.05) is 98.8 Å². The van der Waals surface area contributed by atoms with Crippen LogP contribution in [0.15, 0.2) is 109 Å². The van der Waals surface area contributed by atoms with E-state index in [1.54, 1.807) is 0 Å². The highest BCUT2D eigenvalue weighted by atomic mass is 15.2. The minimum absolute atomic E-state index is 0.0155. The highest BCUT2D eigenvalue weighted by Crippen LogP contribution is 2.50. The van der Waals surface area contributed by atoms with Crippen molar-refractivity contribution >= 4 is 11.4 Å². The van der Waals surface area contributed by atoms with Crippen LogP contribution >= 0.6 is 0 Å². The van der Waals surface area contributed by atoms with Gasteiger partial charge < -0.3 is 4.90 Å². The predicted molar refractivity (Wildman–Crippen MR) is 173 cm³/mol. The molecule has 0 N–H and O–H groups in total. The Morgan fingerprint density at radius 2 is 1.23 bits per heavy atom. The van der Waals surface area contributed by atoms with Crippen LogP contribution in [0.1, 0.15) is 56.9 Å². The van der Waals surface area contributed by atoms with Crippen molar-refractivity contribution in [2.45, 2.75) is 59.4 Å². The molecular weight excluding hydrogens is 482 g/mol. The molecule has 0 radical (unpaired) electrons. The van der Waals surface area contributed by atoms with E-state index in [0.717, 1.165) is 0 Å². The first kappa shape index (κ1) is 26.1. The van der Waals surface area contributed by atoms with Crippen LogP contribution in [0.5, 0.6) is 0 Å². The Labute approximate surface area is 240 Å². The molecule has 0 spiro atoms. The maximum absolute atomic E-state index is 2.50. The highest BCUT2D eigenvalue weighted by molar-refractivity contribution is 5.86. The van der Waals surface area contributed by atoms with Crippen molar-refractivity contribution in [3.8, 4) is 33.4 Å².